The standard InChI is InChI=1S/C60H38F2N4/c61-43-23-31-49(32-24-43)63(51-35-37-59-55(39-51)53-15-7-9-17-57(53)65(59)45-11-3-1-4-12-45)47-27-19-41(20-28-47)42-21-29-48(30-22-42)64(50-33-25-44(62)26-34-50)52-36-38-60-56(40-52)54-16-8-10-18-58(54)66(60)46-13-5-2-6-14-46/h1-21,23-29,31-40H. The van der Waals surface area contributed by atoms with E-state index in [0.717, 1.165) is 100 Å². The van der Waals surface area contributed by atoms with E-state index in [2.05, 4.69) is 189 Å². The second kappa shape index (κ2) is 16.0. The number of benzene rings is 9. The van der Waals surface area contributed by atoms with Crippen LogP contribution in [0.3, 0.4) is 0 Å². The Labute approximate surface area is 380 Å². The van der Waals surface area contributed by atoms with Gasteiger partial charge in [-0.2, -0.15) is 0 Å². The summed E-state index contributed by atoms with van der Waals surface area (Å²) in [6.45, 7) is 0. The average Bonchev–Trinajstić information content (AvgIpc) is 3.89. The normalized spacial score (nSPS) is 11.4. The summed E-state index contributed by atoms with van der Waals surface area (Å²) < 4.78 is 33.3. The molecule has 0 saturated heterocycles. The molecule has 10 aromatic carbocycles. The summed E-state index contributed by atoms with van der Waals surface area (Å²) >= 11 is 0. The Hall–Kier alpha value is -8.92. The molecule has 0 fully saturated rings. The van der Waals surface area contributed by atoms with Gasteiger partial charge < -0.3 is 18.9 Å². The quantitative estimate of drug-likeness (QED) is 0.144. The molecule has 0 saturated carbocycles. The number of aromatic nitrogens is 2. The molecule has 0 radical (unpaired) electrons. The van der Waals surface area contributed by atoms with Crippen LogP contribution >= 0.6 is 0 Å². The molecule has 0 atom stereocenters. The van der Waals surface area contributed by atoms with Crippen molar-refractivity contribution in [2.45, 2.75) is 0 Å². The third-order valence-corrected chi connectivity index (χ3v) is 12.4. The summed E-state index contributed by atoms with van der Waals surface area (Å²) in [5.41, 5.74) is 13.6. The van der Waals surface area contributed by atoms with Crippen molar-refractivity contribution < 1.29 is 8.78 Å². The molecule has 0 bridgehead atoms. The molecule has 0 aliphatic carbocycles. The number of hydrogen-bond donors (Lipinski definition) is 0. The first-order valence-corrected chi connectivity index (χ1v) is 21.9. The second-order valence-electron chi connectivity index (χ2n) is 16.3. The molecule has 312 valence electrons. The Kier molecular flexibility index (Phi) is 9.40. The highest BCUT2D eigenvalue weighted by Gasteiger charge is 2.20. The average molecular weight is 853 g/mol. The maximum absolute atomic E-state index is 14.4. The van der Waals surface area contributed by atoms with Crippen LogP contribution in [-0.2, 0) is 0 Å². The van der Waals surface area contributed by atoms with Gasteiger partial charge in [-0.05, 0) is 157 Å². The fourth-order valence-electron chi connectivity index (χ4n) is 9.43. The lowest BCUT2D eigenvalue weighted by Gasteiger charge is -2.26. The van der Waals surface area contributed by atoms with Gasteiger partial charge in [0.2, 0.25) is 0 Å². The van der Waals surface area contributed by atoms with Crippen molar-refractivity contribution in [2.24, 2.45) is 0 Å². The minimum Gasteiger partial charge on any atom is -0.310 e. The zero-order valence-corrected chi connectivity index (χ0v) is 35.5. The highest BCUT2D eigenvalue weighted by Crippen LogP contribution is 2.42. The largest absolute Gasteiger partial charge is 0.310 e. The summed E-state index contributed by atoms with van der Waals surface area (Å²) in [5.74, 6) is -0.594. The number of nitrogens with zero attached hydrogens (tertiary/aromatic N) is 4. The second-order valence-corrected chi connectivity index (χ2v) is 16.3. The maximum Gasteiger partial charge on any atom is 0.123 e. The number of anilines is 6. The molecule has 0 amide bonds. The first-order valence-electron chi connectivity index (χ1n) is 21.9. The van der Waals surface area contributed by atoms with E-state index < -0.39 is 0 Å². The van der Waals surface area contributed by atoms with E-state index >= 15 is 0 Å². The van der Waals surface area contributed by atoms with Gasteiger partial charge >= 0.3 is 0 Å². The monoisotopic (exact) mass is 852 g/mol. The van der Waals surface area contributed by atoms with E-state index in [0.29, 0.717) is 0 Å². The van der Waals surface area contributed by atoms with Gasteiger partial charge in [0.25, 0.3) is 0 Å². The molecule has 0 spiro atoms. The highest BCUT2D eigenvalue weighted by molar-refractivity contribution is 6.12. The van der Waals surface area contributed by atoms with E-state index in [1.54, 1.807) is 12.1 Å². The van der Waals surface area contributed by atoms with E-state index in [1.807, 2.05) is 36.4 Å². The topological polar surface area (TPSA) is 16.3 Å². The Morgan fingerprint density at radius 3 is 1.21 bits per heavy atom. The van der Waals surface area contributed by atoms with Gasteiger partial charge in [0.05, 0.1) is 27.8 Å². The third kappa shape index (κ3) is 6.70. The molecule has 0 aliphatic heterocycles. The van der Waals surface area contributed by atoms with Crippen molar-refractivity contribution in [3.63, 3.8) is 0 Å². The van der Waals surface area contributed by atoms with Crippen LogP contribution < -0.4 is 9.80 Å². The van der Waals surface area contributed by atoms with Crippen LogP contribution in [0.2, 0.25) is 0 Å². The molecule has 0 aliphatic rings. The van der Waals surface area contributed by atoms with Crippen LogP contribution in [0.4, 0.5) is 42.9 Å². The minimum absolute atomic E-state index is 0.292. The van der Waals surface area contributed by atoms with Gasteiger partial charge in [-0.15, -0.1) is 0 Å². The minimum atomic E-state index is -0.302. The molecule has 12 aromatic rings. The summed E-state index contributed by atoms with van der Waals surface area (Å²) in [7, 11) is 0. The molecule has 66 heavy (non-hydrogen) atoms. The van der Waals surface area contributed by atoms with Crippen molar-refractivity contribution in [1.29, 1.82) is 0 Å². The van der Waals surface area contributed by atoms with Gasteiger partial charge in [-0.3, -0.25) is 0 Å². The fraction of sp³-hybridized carbons (Fsp3) is 0. The zero-order valence-electron chi connectivity index (χ0n) is 35.5. The van der Waals surface area contributed by atoms with Crippen LogP contribution in [-0.4, -0.2) is 9.13 Å². The van der Waals surface area contributed by atoms with Crippen LogP contribution in [0.15, 0.2) is 231 Å². The predicted octanol–water partition coefficient (Wildman–Crippen LogP) is 16.4. The van der Waals surface area contributed by atoms with Gasteiger partial charge in [0.15, 0.2) is 0 Å². The molecular formula is C60H38F2N4. The van der Waals surface area contributed by atoms with Crippen LogP contribution in [0.5, 0.6) is 0 Å². The van der Waals surface area contributed by atoms with Crippen molar-refractivity contribution in [3.8, 4) is 22.5 Å². The molecule has 6 heteroatoms. The Morgan fingerprint density at radius 2 is 0.727 bits per heavy atom. The predicted molar refractivity (Wildman–Crippen MR) is 268 cm³/mol. The first kappa shape index (κ1) is 38.7. The molecule has 0 N–H and O–H groups in total. The lowest BCUT2D eigenvalue weighted by atomic mass is 10.0. The Balaban J connectivity index is 0.910. The Bertz CT molecular complexity index is 3440. The van der Waals surface area contributed by atoms with Crippen LogP contribution in [0.25, 0.3) is 66.1 Å². The van der Waals surface area contributed by atoms with Gasteiger partial charge in [-0.25, -0.2) is 8.78 Å². The molecule has 0 unspecified atom stereocenters. The molecule has 2 aromatic heterocycles. The third-order valence-electron chi connectivity index (χ3n) is 12.4. The van der Waals surface area contributed by atoms with Crippen molar-refractivity contribution >= 4 is 77.7 Å². The van der Waals surface area contributed by atoms with Crippen LogP contribution in [0, 0.1) is 23.8 Å². The fourth-order valence-corrected chi connectivity index (χ4v) is 9.43. The SMILES string of the molecule is Fc1ccc(N(c2c#cc(-c3ccc(N(c4ccc(F)cc4)c4ccc5c(c4)c4ccccc4n5-c4ccccc4)cc3)cc2)c2ccc3c(c2)c2ccccc2n3-c2ccccc2)cc1. The van der Waals surface area contributed by atoms with E-state index in [9.17, 15) is 8.78 Å². The Morgan fingerprint density at radius 1 is 0.318 bits per heavy atom. The number of halogens is 2. The van der Waals surface area contributed by atoms with E-state index in [4.69, 9.17) is 0 Å². The van der Waals surface area contributed by atoms with Crippen LogP contribution in [0.1, 0.15) is 0 Å². The van der Waals surface area contributed by atoms with E-state index in [-0.39, 0.29) is 11.6 Å². The van der Waals surface area contributed by atoms with Gasteiger partial charge in [0.1, 0.15) is 11.6 Å². The zero-order chi connectivity index (χ0) is 44.1. The van der Waals surface area contributed by atoms with Crippen molar-refractivity contribution in [1.82, 2.24) is 9.13 Å². The highest BCUT2D eigenvalue weighted by atomic mass is 19.1. The smallest absolute Gasteiger partial charge is 0.123 e. The summed E-state index contributed by atoms with van der Waals surface area (Å²) in [6.07, 6.45) is 0. The van der Waals surface area contributed by atoms with E-state index in [1.165, 1.54) is 24.3 Å². The molecule has 4 nitrogen and oxygen atoms in total. The first-order chi connectivity index (χ1) is 32.6. The van der Waals surface area contributed by atoms with Gasteiger partial charge in [-0.1, -0.05) is 91.0 Å². The summed E-state index contributed by atoms with van der Waals surface area (Å²) in [6, 6.07) is 83.2. The van der Waals surface area contributed by atoms with Gasteiger partial charge in [0, 0.05) is 66.9 Å². The van der Waals surface area contributed by atoms with Crippen molar-refractivity contribution in [2.75, 3.05) is 9.80 Å². The number of rotatable bonds is 9. The number of fused-ring (bicyclic) bond motifs is 6. The van der Waals surface area contributed by atoms with Crippen molar-refractivity contribution in [3.05, 3.63) is 254 Å². The summed E-state index contributed by atoms with van der Waals surface area (Å²) in [5, 5.41) is 4.51. The summed E-state index contributed by atoms with van der Waals surface area (Å²) in [4.78, 5) is 4.25. The lowest BCUT2D eigenvalue weighted by Crippen LogP contribution is -2.10. The lowest BCUT2D eigenvalue weighted by molar-refractivity contribution is 0.627. The molecule has 2 heterocycles. The number of para-hydroxylation sites is 4. The molecule has 12 rings (SSSR count). The molecular weight excluding hydrogens is 815 g/mol. The number of hydrogen-bond acceptors (Lipinski definition) is 2. The maximum atomic E-state index is 14.4.